The number of hydrogen-bond donors (Lipinski definition) is 2. The number of amides is 2. The van der Waals surface area contributed by atoms with Gasteiger partial charge in [0.2, 0.25) is 5.91 Å². The van der Waals surface area contributed by atoms with E-state index in [0.29, 0.717) is 15.2 Å². The van der Waals surface area contributed by atoms with Crippen LogP contribution in [0.1, 0.15) is 18.5 Å². The van der Waals surface area contributed by atoms with Crippen molar-refractivity contribution in [1.29, 1.82) is 0 Å². The smallest absolute Gasteiger partial charge is 0.261 e. The molecule has 0 aliphatic carbocycles. The van der Waals surface area contributed by atoms with Gasteiger partial charge in [0.15, 0.2) is 17.7 Å². The average molecular weight is 462 g/mol. The molecule has 144 valence electrons. The lowest BCUT2D eigenvalue weighted by molar-refractivity contribution is -0.132. The van der Waals surface area contributed by atoms with Crippen LogP contribution >= 0.6 is 27.5 Å². The summed E-state index contributed by atoms with van der Waals surface area (Å²) in [7, 11) is 1.37. The third kappa shape index (κ3) is 5.40. The number of hydrogen-bond acceptors (Lipinski definition) is 3. The molecule has 2 aromatic rings. The average Bonchev–Trinajstić information content (AvgIpc) is 2.63. The van der Waals surface area contributed by atoms with Gasteiger partial charge in [-0.3, -0.25) is 9.59 Å². The molecule has 5 nitrogen and oxygen atoms in total. The van der Waals surface area contributed by atoms with Crippen molar-refractivity contribution in [2.24, 2.45) is 0 Å². The number of benzene rings is 2. The zero-order chi connectivity index (χ0) is 20.1. The van der Waals surface area contributed by atoms with Gasteiger partial charge in [0.25, 0.3) is 5.91 Å². The summed E-state index contributed by atoms with van der Waals surface area (Å²) in [5.41, 5.74) is 0.0986. The number of rotatable bonds is 6. The van der Waals surface area contributed by atoms with E-state index >= 15 is 0 Å². The van der Waals surface area contributed by atoms with E-state index in [9.17, 15) is 18.4 Å². The summed E-state index contributed by atoms with van der Waals surface area (Å²) in [6, 6.07) is 6.55. The van der Waals surface area contributed by atoms with Crippen molar-refractivity contribution in [2.45, 2.75) is 19.1 Å². The Morgan fingerprint density at radius 3 is 2.41 bits per heavy atom. The highest BCUT2D eigenvalue weighted by Crippen LogP contribution is 2.29. The number of ether oxygens (including phenoxy) is 1. The van der Waals surface area contributed by atoms with Crippen LogP contribution in [-0.4, -0.2) is 25.0 Å². The molecule has 2 amide bonds. The molecule has 2 aromatic carbocycles. The Labute approximate surface area is 168 Å². The predicted octanol–water partition coefficient (Wildman–Crippen LogP) is 3.75. The minimum Gasteiger partial charge on any atom is -0.480 e. The van der Waals surface area contributed by atoms with Gasteiger partial charge in [-0.2, -0.15) is 0 Å². The molecule has 0 saturated carbocycles. The minimum absolute atomic E-state index is 0.0986. The van der Waals surface area contributed by atoms with Gasteiger partial charge in [0.1, 0.15) is 11.8 Å². The number of carbonyl (C=O) groups excluding carboxylic acids is 2. The van der Waals surface area contributed by atoms with Crippen molar-refractivity contribution in [3.63, 3.8) is 0 Å². The quantitative estimate of drug-likeness (QED) is 0.688. The minimum atomic E-state index is -1.21. The second-order valence-corrected chi connectivity index (χ2v) is 6.85. The molecule has 0 fully saturated rings. The first-order chi connectivity index (χ1) is 12.7. The SMILES string of the molecule is CNC(=O)C(NC(=O)C(C)Oc1ccc(Cl)cc1Br)c1ccc(F)c(F)c1. The lowest BCUT2D eigenvalue weighted by Crippen LogP contribution is -2.44. The summed E-state index contributed by atoms with van der Waals surface area (Å²) in [4.78, 5) is 24.6. The van der Waals surface area contributed by atoms with Gasteiger partial charge in [-0.15, -0.1) is 0 Å². The fraction of sp³-hybridized carbons (Fsp3) is 0.222. The van der Waals surface area contributed by atoms with Crippen molar-refractivity contribution in [3.05, 3.63) is 63.1 Å². The molecule has 0 saturated heterocycles. The van der Waals surface area contributed by atoms with Crippen molar-refractivity contribution in [3.8, 4) is 5.75 Å². The van der Waals surface area contributed by atoms with Crippen LogP contribution in [0.5, 0.6) is 5.75 Å². The fourth-order valence-corrected chi connectivity index (χ4v) is 2.99. The monoisotopic (exact) mass is 460 g/mol. The summed E-state index contributed by atoms with van der Waals surface area (Å²) < 4.78 is 32.8. The Kier molecular flexibility index (Phi) is 7.15. The first-order valence-electron chi connectivity index (χ1n) is 7.81. The van der Waals surface area contributed by atoms with E-state index < -0.39 is 35.6 Å². The van der Waals surface area contributed by atoms with Crippen LogP contribution in [0.15, 0.2) is 40.9 Å². The highest BCUT2D eigenvalue weighted by molar-refractivity contribution is 9.10. The van der Waals surface area contributed by atoms with Gasteiger partial charge in [0, 0.05) is 12.1 Å². The van der Waals surface area contributed by atoms with Crippen molar-refractivity contribution in [1.82, 2.24) is 10.6 Å². The van der Waals surface area contributed by atoms with Crippen LogP contribution in [0.3, 0.4) is 0 Å². The molecule has 0 aliphatic rings. The van der Waals surface area contributed by atoms with E-state index in [1.807, 2.05) is 0 Å². The van der Waals surface area contributed by atoms with Crippen molar-refractivity contribution < 1.29 is 23.1 Å². The van der Waals surface area contributed by atoms with Gasteiger partial charge >= 0.3 is 0 Å². The van der Waals surface area contributed by atoms with Gasteiger partial charge in [0.05, 0.1) is 4.47 Å². The van der Waals surface area contributed by atoms with Crippen LogP contribution in [0.25, 0.3) is 0 Å². The van der Waals surface area contributed by atoms with Crippen molar-refractivity contribution in [2.75, 3.05) is 7.05 Å². The highest BCUT2D eigenvalue weighted by Gasteiger charge is 2.26. The molecule has 0 aliphatic heterocycles. The van der Waals surface area contributed by atoms with E-state index in [-0.39, 0.29) is 5.56 Å². The standard InChI is InChI=1S/C18H16BrClF2N2O3/c1-9(27-15-6-4-11(20)8-12(15)19)17(25)24-16(18(26)23-2)10-3-5-13(21)14(22)7-10/h3-9,16H,1-2H3,(H,23,26)(H,24,25). The molecule has 2 N–H and O–H groups in total. The van der Waals surface area contributed by atoms with Gasteiger partial charge in [-0.05, 0) is 58.7 Å². The Morgan fingerprint density at radius 2 is 1.81 bits per heavy atom. The van der Waals surface area contributed by atoms with E-state index in [2.05, 4.69) is 26.6 Å². The molecule has 0 spiro atoms. The Morgan fingerprint density at radius 1 is 1.11 bits per heavy atom. The second kappa shape index (κ2) is 9.14. The molecule has 0 heterocycles. The normalized spacial score (nSPS) is 12.8. The molecule has 0 bridgehead atoms. The molecule has 0 radical (unpaired) electrons. The maximum Gasteiger partial charge on any atom is 0.261 e. The van der Waals surface area contributed by atoms with Crippen LogP contribution in [0, 0.1) is 11.6 Å². The third-order valence-corrected chi connectivity index (χ3v) is 4.49. The molecular weight excluding hydrogens is 446 g/mol. The summed E-state index contributed by atoms with van der Waals surface area (Å²) in [6.07, 6.45) is -0.972. The maximum atomic E-state index is 13.5. The first-order valence-corrected chi connectivity index (χ1v) is 8.98. The molecule has 9 heteroatoms. The number of carbonyl (C=O) groups is 2. The number of likely N-dealkylation sites (N-methyl/N-ethyl adjacent to an activating group) is 1. The van der Waals surface area contributed by atoms with E-state index in [0.717, 1.165) is 12.1 Å². The number of nitrogens with one attached hydrogen (secondary N) is 2. The highest BCUT2D eigenvalue weighted by atomic mass is 79.9. The third-order valence-electron chi connectivity index (χ3n) is 3.64. The summed E-state index contributed by atoms with van der Waals surface area (Å²) in [6.45, 7) is 1.49. The van der Waals surface area contributed by atoms with E-state index in [4.69, 9.17) is 16.3 Å². The van der Waals surface area contributed by atoms with Crippen LogP contribution < -0.4 is 15.4 Å². The maximum absolute atomic E-state index is 13.5. The lowest BCUT2D eigenvalue weighted by Gasteiger charge is -2.21. The van der Waals surface area contributed by atoms with E-state index in [1.165, 1.54) is 20.0 Å². The molecule has 2 atom stereocenters. The molecule has 2 rings (SSSR count). The van der Waals surface area contributed by atoms with Crippen LogP contribution in [0.4, 0.5) is 8.78 Å². The number of halogens is 4. The lowest BCUT2D eigenvalue weighted by atomic mass is 10.1. The van der Waals surface area contributed by atoms with Crippen molar-refractivity contribution >= 4 is 39.3 Å². The fourth-order valence-electron chi connectivity index (χ4n) is 2.21. The molecule has 0 aromatic heterocycles. The Balaban J connectivity index is 2.17. The summed E-state index contributed by atoms with van der Waals surface area (Å²) in [5, 5.41) is 5.34. The van der Waals surface area contributed by atoms with E-state index in [1.54, 1.807) is 18.2 Å². The Hall–Kier alpha value is -2.19. The topological polar surface area (TPSA) is 67.4 Å². The Bertz CT molecular complexity index is 866. The summed E-state index contributed by atoms with van der Waals surface area (Å²) >= 11 is 9.14. The van der Waals surface area contributed by atoms with Gasteiger partial charge < -0.3 is 15.4 Å². The van der Waals surface area contributed by atoms with Crippen LogP contribution in [0.2, 0.25) is 5.02 Å². The molecule has 27 heavy (non-hydrogen) atoms. The zero-order valence-corrected chi connectivity index (χ0v) is 16.7. The van der Waals surface area contributed by atoms with Gasteiger partial charge in [-0.1, -0.05) is 17.7 Å². The largest absolute Gasteiger partial charge is 0.480 e. The molecule has 2 unspecified atom stereocenters. The zero-order valence-electron chi connectivity index (χ0n) is 14.4. The predicted molar refractivity (Wildman–Crippen MR) is 101 cm³/mol. The second-order valence-electron chi connectivity index (χ2n) is 5.56. The van der Waals surface area contributed by atoms with Gasteiger partial charge in [-0.25, -0.2) is 8.78 Å². The van der Waals surface area contributed by atoms with Crippen LogP contribution in [-0.2, 0) is 9.59 Å². The molecular formula is C18H16BrClF2N2O3. The summed E-state index contributed by atoms with van der Waals surface area (Å²) in [5.74, 6) is -2.99. The first kappa shape index (κ1) is 21.1.